The van der Waals surface area contributed by atoms with Gasteiger partial charge in [0.1, 0.15) is 18.0 Å². The molecule has 0 aromatic heterocycles. The van der Waals surface area contributed by atoms with Gasteiger partial charge in [-0.1, -0.05) is 91.6 Å². The summed E-state index contributed by atoms with van der Waals surface area (Å²) in [7, 11) is 0. The Bertz CT molecular complexity index is 1110. The molecule has 2 aliphatic heterocycles. The van der Waals surface area contributed by atoms with Crippen LogP contribution in [0.5, 0.6) is 0 Å². The molecule has 0 saturated heterocycles. The van der Waals surface area contributed by atoms with Crippen LogP contribution in [0.4, 0.5) is 11.4 Å². The lowest BCUT2D eigenvalue weighted by Gasteiger charge is -2.14. The molecule has 0 aliphatic carbocycles. The number of nitrogens with zero attached hydrogens (tertiary/aromatic N) is 3. The number of benzene rings is 2. The second kappa shape index (κ2) is 21.3. The summed E-state index contributed by atoms with van der Waals surface area (Å²) in [5, 5.41) is 11.6. The highest BCUT2D eigenvalue weighted by Gasteiger charge is 2.16. The van der Waals surface area contributed by atoms with Gasteiger partial charge in [0.05, 0.1) is 57.6 Å². The maximum atomic E-state index is 10.7. The van der Waals surface area contributed by atoms with Crippen molar-refractivity contribution in [3.05, 3.63) is 56.5 Å². The minimum Gasteiger partial charge on any atom is -0.377 e. The second-order valence-corrected chi connectivity index (χ2v) is 9.92. The number of hydrogen-bond acceptors (Lipinski definition) is 7. The molecule has 0 atom stereocenters. The third kappa shape index (κ3) is 13.2. The largest absolute Gasteiger partial charge is 0.377 e. The van der Waals surface area contributed by atoms with Crippen LogP contribution in [0.3, 0.4) is 0 Å². The Hall–Kier alpha value is -2.52. The highest BCUT2D eigenvalue weighted by Crippen LogP contribution is 2.30. The van der Waals surface area contributed by atoms with Crippen LogP contribution >= 0.6 is 46.4 Å². The summed E-state index contributed by atoms with van der Waals surface area (Å²) in [5.41, 5.74) is 1.57. The minimum absolute atomic E-state index is 0.457. The first-order valence-corrected chi connectivity index (χ1v) is 14.6. The molecule has 3 N–H and O–H groups in total. The molecule has 0 unspecified atom stereocenters. The van der Waals surface area contributed by atoms with Crippen molar-refractivity contribution in [1.82, 2.24) is 10.2 Å². The Morgan fingerprint density at radius 2 is 1.43 bits per heavy atom. The van der Waals surface area contributed by atoms with E-state index in [1.807, 2.05) is 24.3 Å². The smallest absolute Gasteiger partial charge is 0.215 e. The van der Waals surface area contributed by atoms with E-state index < -0.39 is 0 Å². The van der Waals surface area contributed by atoms with E-state index in [2.05, 4.69) is 39.8 Å². The number of unbranched alkanes of at least 4 members (excludes halogenated alkanes) is 2. The van der Waals surface area contributed by atoms with Crippen molar-refractivity contribution in [1.29, 1.82) is 0 Å². The molecule has 0 saturated carbocycles. The Balaban J connectivity index is 0.000000318. The number of rotatable bonds is 9. The van der Waals surface area contributed by atoms with E-state index in [0.717, 1.165) is 48.8 Å². The molecule has 40 heavy (non-hydrogen) atoms. The number of nitrogens with one attached hydrogen (secondary N) is 3. The van der Waals surface area contributed by atoms with E-state index in [4.69, 9.17) is 51.2 Å². The molecule has 0 bridgehead atoms. The van der Waals surface area contributed by atoms with E-state index in [1.54, 1.807) is 17.0 Å². The van der Waals surface area contributed by atoms with Crippen molar-refractivity contribution in [2.75, 3.05) is 49.9 Å². The lowest BCUT2D eigenvalue weighted by molar-refractivity contribution is -0.114. The molecule has 0 fully saturated rings. The van der Waals surface area contributed by atoms with E-state index in [0.29, 0.717) is 46.3 Å². The number of aldehydes is 1. The summed E-state index contributed by atoms with van der Waals surface area (Å²) in [6, 6.07) is 10.9. The third-order valence-corrected chi connectivity index (χ3v) is 6.97. The first kappa shape index (κ1) is 35.5. The van der Waals surface area contributed by atoms with Crippen LogP contribution in [0.2, 0.25) is 20.1 Å². The topological polar surface area (TPSA) is 98.2 Å². The predicted octanol–water partition coefficient (Wildman–Crippen LogP) is 7.08. The van der Waals surface area contributed by atoms with Crippen molar-refractivity contribution < 1.29 is 9.59 Å². The highest BCUT2D eigenvalue weighted by molar-refractivity contribution is 6.44. The number of halogens is 4. The molecule has 0 radical (unpaired) electrons. The summed E-state index contributed by atoms with van der Waals surface area (Å²) in [6.07, 6.45) is 5.61. The van der Waals surface area contributed by atoms with Gasteiger partial charge < -0.3 is 20.7 Å². The summed E-state index contributed by atoms with van der Waals surface area (Å²) in [6.45, 7) is 10.0. The maximum absolute atomic E-state index is 10.7. The third-order valence-electron chi connectivity index (χ3n) is 5.33. The zero-order chi connectivity index (χ0) is 29.8. The first-order chi connectivity index (χ1) is 19.3. The average Bonchev–Trinajstić information content (AvgIpc) is 3.64. The van der Waals surface area contributed by atoms with Gasteiger partial charge in [-0.15, -0.1) is 0 Å². The average molecular weight is 632 g/mol. The van der Waals surface area contributed by atoms with Crippen molar-refractivity contribution in [3.8, 4) is 0 Å². The van der Waals surface area contributed by atoms with Crippen LogP contribution in [0.15, 0.2) is 46.4 Å². The molecule has 8 nitrogen and oxygen atoms in total. The van der Waals surface area contributed by atoms with Crippen LogP contribution < -0.4 is 16.0 Å². The number of carbonyl (C=O) groups is 2. The fraction of sp³-hybridized carbons (Fsp3) is 0.429. The standard InChI is InChI=1S/C11H11Cl2N3O.C10H11Cl2N3.C5H12.C2H4O/c12-8-2-1-3-9(11(8)13)15-6-10-14-4-5-16(10)7-17;11-7-2-1-3-8(10(7)12)15-6-9-13-4-5-14-9;1-3-5-4-2;1-2-3/h1-3,7,15H,4-6H2;1-3,15H,4-6H2,(H,13,14);3-5H2,1-2H3;2H,1H3. The van der Waals surface area contributed by atoms with Crippen LogP contribution in [-0.2, 0) is 9.59 Å². The lowest BCUT2D eigenvalue weighted by atomic mass is 10.3. The van der Waals surface area contributed by atoms with Crippen LogP contribution in [0, 0.1) is 0 Å². The molecule has 2 aromatic rings. The number of anilines is 2. The molecule has 220 valence electrons. The Morgan fingerprint density at radius 3 is 1.88 bits per heavy atom. The van der Waals surface area contributed by atoms with Gasteiger partial charge >= 0.3 is 0 Å². The fourth-order valence-corrected chi connectivity index (χ4v) is 4.07. The number of hydrogen-bond donors (Lipinski definition) is 3. The number of aliphatic imine (C=N–C) groups is 2. The van der Waals surface area contributed by atoms with Gasteiger partial charge in [-0.3, -0.25) is 19.7 Å². The number of amidine groups is 2. The molecular formula is C28H38Cl4N6O2. The van der Waals surface area contributed by atoms with Crippen molar-refractivity contribution >= 4 is 82.1 Å². The van der Waals surface area contributed by atoms with Gasteiger partial charge in [-0.05, 0) is 31.2 Å². The van der Waals surface area contributed by atoms with E-state index in [9.17, 15) is 4.79 Å². The van der Waals surface area contributed by atoms with Gasteiger partial charge in [0.2, 0.25) is 6.41 Å². The molecule has 2 aliphatic rings. The zero-order valence-corrected chi connectivity index (χ0v) is 26.2. The Kier molecular flexibility index (Phi) is 18.9. The highest BCUT2D eigenvalue weighted by atomic mass is 35.5. The van der Waals surface area contributed by atoms with Crippen LogP contribution in [0.1, 0.15) is 40.0 Å². The summed E-state index contributed by atoms with van der Waals surface area (Å²) >= 11 is 23.8. The van der Waals surface area contributed by atoms with Gasteiger partial charge in [0.15, 0.2) is 0 Å². The molecule has 1 amide bonds. The van der Waals surface area contributed by atoms with Crippen LogP contribution in [-0.4, -0.2) is 68.5 Å². The van der Waals surface area contributed by atoms with E-state index >= 15 is 0 Å². The fourth-order valence-electron chi connectivity index (χ4n) is 3.33. The van der Waals surface area contributed by atoms with Gasteiger partial charge in [0.25, 0.3) is 0 Å². The van der Waals surface area contributed by atoms with Crippen molar-refractivity contribution in [3.63, 3.8) is 0 Å². The first-order valence-electron chi connectivity index (χ1n) is 13.1. The second-order valence-electron chi connectivity index (χ2n) is 8.35. The van der Waals surface area contributed by atoms with Crippen molar-refractivity contribution in [2.45, 2.75) is 40.0 Å². The zero-order valence-electron chi connectivity index (χ0n) is 23.2. The summed E-state index contributed by atoms with van der Waals surface area (Å²) < 4.78 is 0. The SMILES string of the molecule is CC=O.CCCCC.Clc1cccc(NCC2=NCCN2)c1Cl.O=CN1CCN=C1CNc1cccc(Cl)c1Cl. The maximum Gasteiger partial charge on any atom is 0.215 e. The monoisotopic (exact) mass is 630 g/mol. The molecular weight excluding hydrogens is 594 g/mol. The molecule has 2 aromatic carbocycles. The Labute approximate surface area is 257 Å². The lowest BCUT2D eigenvalue weighted by Crippen LogP contribution is -2.31. The minimum atomic E-state index is 0.457. The van der Waals surface area contributed by atoms with E-state index in [-0.39, 0.29) is 0 Å². The number of carbonyl (C=O) groups excluding carboxylic acids is 2. The van der Waals surface area contributed by atoms with Crippen LogP contribution in [0.25, 0.3) is 0 Å². The van der Waals surface area contributed by atoms with Crippen molar-refractivity contribution in [2.24, 2.45) is 9.98 Å². The summed E-state index contributed by atoms with van der Waals surface area (Å²) in [4.78, 5) is 29.6. The van der Waals surface area contributed by atoms with Gasteiger partial charge in [-0.25, -0.2) is 0 Å². The van der Waals surface area contributed by atoms with Gasteiger partial charge in [0, 0.05) is 13.1 Å². The molecule has 0 spiro atoms. The van der Waals surface area contributed by atoms with E-state index in [1.165, 1.54) is 26.2 Å². The molecule has 4 rings (SSSR count). The quantitative estimate of drug-likeness (QED) is 0.257. The van der Waals surface area contributed by atoms with Gasteiger partial charge in [-0.2, -0.15) is 0 Å². The number of amides is 1. The molecule has 2 heterocycles. The predicted molar refractivity (Wildman–Crippen MR) is 172 cm³/mol. The Morgan fingerprint density at radius 1 is 0.875 bits per heavy atom. The summed E-state index contributed by atoms with van der Waals surface area (Å²) in [5.74, 6) is 1.68. The molecule has 12 heteroatoms. The normalized spacial score (nSPS) is 13.1.